The lowest BCUT2D eigenvalue weighted by Crippen LogP contribution is -2.41. The van der Waals surface area contributed by atoms with E-state index in [0.29, 0.717) is 37.6 Å². The van der Waals surface area contributed by atoms with Crippen LogP contribution >= 0.6 is 0 Å². The van der Waals surface area contributed by atoms with Crippen molar-refractivity contribution in [2.75, 3.05) is 19.8 Å². The molecule has 0 bridgehead atoms. The molecule has 21 heavy (non-hydrogen) atoms. The van der Waals surface area contributed by atoms with Gasteiger partial charge in [0.25, 0.3) is 0 Å². The molecule has 2 aliphatic rings. The first-order valence-electron chi connectivity index (χ1n) is 6.66. The summed E-state index contributed by atoms with van der Waals surface area (Å²) in [7, 11) is 0. The molecule has 4 nitrogen and oxygen atoms in total. The molecule has 3 rings (SSSR count). The molecule has 1 saturated carbocycles. The fraction of sp³-hybridized carbons (Fsp3) is 0.500. The molecule has 1 fully saturated rings. The van der Waals surface area contributed by atoms with Crippen LogP contribution in [0.1, 0.15) is 18.4 Å². The molecule has 0 unspecified atom stereocenters. The van der Waals surface area contributed by atoms with E-state index in [-0.39, 0.29) is 6.54 Å². The SMILES string of the molecule is O=C(NCC1(c2cccc3c2OCCO3)CC1)C(F)(F)F. The number of halogens is 3. The zero-order valence-electron chi connectivity index (χ0n) is 11.1. The third kappa shape index (κ3) is 2.64. The average Bonchev–Trinajstić information content (AvgIpc) is 3.24. The summed E-state index contributed by atoms with van der Waals surface area (Å²) in [6.45, 7) is 0.814. The number of fused-ring (bicyclic) bond motifs is 1. The highest BCUT2D eigenvalue weighted by Gasteiger charge is 2.49. The largest absolute Gasteiger partial charge is 0.486 e. The summed E-state index contributed by atoms with van der Waals surface area (Å²) < 4.78 is 47.9. The number of carbonyl (C=O) groups is 1. The van der Waals surface area contributed by atoms with Crippen LogP contribution in [0.2, 0.25) is 0 Å². The van der Waals surface area contributed by atoms with Crippen molar-refractivity contribution in [1.82, 2.24) is 5.32 Å². The highest BCUT2D eigenvalue weighted by molar-refractivity contribution is 5.81. The molecule has 0 atom stereocenters. The third-order valence-electron chi connectivity index (χ3n) is 3.84. The number of ether oxygens (including phenoxy) is 2. The first-order valence-corrected chi connectivity index (χ1v) is 6.66. The van der Waals surface area contributed by atoms with Gasteiger partial charge in [-0.1, -0.05) is 12.1 Å². The first kappa shape index (κ1) is 14.0. The number of nitrogens with one attached hydrogen (secondary N) is 1. The molecule has 1 aromatic rings. The Hall–Kier alpha value is -1.92. The molecular formula is C14H14F3NO3. The van der Waals surface area contributed by atoms with Gasteiger partial charge in [0.1, 0.15) is 13.2 Å². The lowest BCUT2D eigenvalue weighted by molar-refractivity contribution is -0.173. The minimum atomic E-state index is -4.86. The Labute approximate surface area is 119 Å². The van der Waals surface area contributed by atoms with Crippen molar-refractivity contribution >= 4 is 5.91 Å². The van der Waals surface area contributed by atoms with Crippen molar-refractivity contribution in [2.24, 2.45) is 0 Å². The van der Waals surface area contributed by atoms with Gasteiger partial charge in [-0.3, -0.25) is 4.79 Å². The summed E-state index contributed by atoms with van der Waals surface area (Å²) in [5, 5.41) is 1.97. The normalized spacial score (nSPS) is 19.0. The molecule has 1 heterocycles. The molecule has 0 aromatic heterocycles. The molecule has 1 aromatic carbocycles. The van der Waals surface area contributed by atoms with E-state index in [0.717, 1.165) is 5.56 Å². The van der Waals surface area contributed by atoms with E-state index in [1.165, 1.54) is 0 Å². The third-order valence-corrected chi connectivity index (χ3v) is 3.84. The monoisotopic (exact) mass is 301 g/mol. The first-order chi connectivity index (χ1) is 9.92. The van der Waals surface area contributed by atoms with Gasteiger partial charge in [0.05, 0.1) is 0 Å². The lowest BCUT2D eigenvalue weighted by Gasteiger charge is -2.25. The highest BCUT2D eigenvalue weighted by atomic mass is 19.4. The molecule has 0 radical (unpaired) electrons. The highest BCUT2D eigenvalue weighted by Crippen LogP contribution is 2.53. The maximum absolute atomic E-state index is 12.3. The van der Waals surface area contributed by atoms with Crippen molar-refractivity contribution < 1.29 is 27.4 Å². The van der Waals surface area contributed by atoms with Gasteiger partial charge in [-0.05, 0) is 18.9 Å². The molecule has 0 spiro atoms. The Kier molecular flexibility index (Phi) is 3.22. The topological polar surface area (TPSA) is 47.6 Å². The van der Waals surface area contributed by atoms with Crippen molar-refractivity contribution in [3.05, 3.63) is 23.8 Å². The van der Waals surface area contributed by atoms with E-state index in [9.17, 15) is 18.0 Å². The second kappa shape index (κ2) is 4.82. The van der Waals surface area contributed by atoms with Gasteiger partial charge in [-0.2, -0.15) is 13.2 Å². The van der Waals surface area contributed by atoms with Crippen LogP contribution in [-0.4, -0.2) is 31.8 Å². The molecular weight excluding hydrogens is 287 g/mol. The second-order valence-corrected chi connectivity index (χ2v) is 5.29. The van der Waals surface area contributed by atoms with E-state index in [1.54, 1.807) is 12.1 Å². The van der Waals surface area contributed by atoms with Crippen molar-refractivity contribution in [3.63, 3.8) is 0 Å². The van der Waals surface area contributed by atoms with Crippen molar-refractivity contribution in [2.45, 2.75) is 24.4 Å². The Morgan fingerprint density at radius 2 is 1.95 bits per heavy atom. The molecule has 114 valence electrons. The van der Waals surface area contributed by atoms with Gasteiger partial charge in [0.2, 0.25) is 0 Å². The zero-order chi connectivity index (χ0) is 15.1. The number of para-hydroxylation sites is 1. The van der Waals surface area contributed by atoms with Gasteiger partial charge in [0, 0.05) is 17.5 Å². The van der Waals surface area contributed by atoms with Crippen molar-refractivity contribution in [1.29, 1.82) is 0 Å². The summed E-state index contributed by atoms with van der Waals surface area (Å²) in [6.07, 6.45) is -3.43. The number of carbonyl (C=O) groups excluding carboxylic acids is 1. The van der Waals surface area contributed by atoms with Gasteiger partial charge in [-0.25, -0.2) is 0 Å². The fourth-order valence-corrected chi connectivity index (χ4v) is 2.53. The number of rotatable bonds is 3. The lowest BCUT2D eigenvalue weighted by atomic mass is 9.94. The minimum Gasteiger partial charge on any atom is -0.486 e. The van der Waals surface area contributed by atoms with Gasteiger partial charge < -0.3 is 14.8 Å². The van der Waals surface area contributed by atoms with Gasteiger partial charge >= 0.3 is 12.1 Å². The second-order valence-electron chi connectivity index (χ2n) is 5.29. The zero-order valence-corrected chi connectivity index (χ0v) is 11.1. The molecule has 1 N–H and O–H groups in total. The predicted molar refractivity (Wildman–Crippen MR) is 67.4 cm³/mol. The van der Waals surface area contributed by atoms with Crippen molar-refractivity contribution in [3.8, 4) is 11.5 Å². The smallest absolute Gasteiger partial charge is 0.471 e. The number of benzene rings is 1. The van der Waals surface area contributed by atoms with E-state index in [2.05, 4.69) is 0 Å². The maximum Gasteiger partial charge on any atom is 0.471 e. The molecule has 7 heteroatoms. The molecule has 1 amide bonds. The van der Waals surface area contributed by atoms with Crippen LogP contribution in [0.25, 0.3) is 0 Å². The molecule has 0 saturated heterocycles. The van der Waals surface area contributed by atoms with E-state index >= 15 is 0 Å². The van der Waals surface area contributed by atoms with Crippen LogP contribution in [0.15, 0.2) is 18.2 Å². The van der Waals surface area contributed by atoms with Crippen LogP contribution < -0.4 is 14.8 Å². The Morgan fingerprint density at radius 1 is 1.24 bits per heavy atom. The predicted octanol–water partition coefficient (Wildman–Crippen LogP) is 2.17. The van der Waals surface area contributed by atoms with Gasteiger partial charge in [-0.15, -0.1) is 0 Å². The van der Waals surface area contributed by atoms with E-state index < -0.39 is 17.5 Å². The number of amides is 1. The Balaban J connectivity index is 1.79. The minimum absolute atomic E-state index is 0.0504. The number of alkyl halides is 3. The standard InChI is InChI=1S/C14H14F3NO3/c15-14(16,17)12(19)18-8-13(4-5-13)9-2-1-3-10-11(9)21-7-6-20-10/h1-3H,4-8H2,(H,18,19). The quantitative estimate of drug-likeness (QED) is 0.931. The average molecular weight is 301 g/mol. The van der Waals surface area contributed by atoms with E-state index in [1.807, 2.05) is 11.4 Å². The summed E-state index contributed by atoms with van der Waals surface area (Å²) in [5.41, 5.74) is 0.328. The Morgan fingerprint density at radius 3 is 2.62 bits per heavy atom. The van der Waals surface area contributed by atoms with Crippen LogP contribution in [0.5, 0.6) is 11.5 Å². The van der Waals surface area contributed by atoms with Crippen LogP contribution in [-0.2, 0) is 10.2 Å². The maximum atomic E-state index is 12.3. The molecule has 1 aliphatic heterocycles. The summed E-state index contributed by atoms with van der Waals surface area (Å²) in [4.78, 5) is 11.0. The van der Waals surface area contributed by atoms with Gasteiger partial charge in [0.15, 0.2) is 11.5 Å². The summed E-state index contributed by atoms with van der Waals surface area (Å²) >= 11 is 0. The number of hydrogen-bond donors (Lipinski definition) is 1. The molecule has 1 aliphatic carbocycles. The number of hydrogen-bond acceptors (Lipinski definition) is 3. The van der Waals surface area contributed by atoms with E-state index in [4.69, 9.17) is 9.47 Å². The van der Waals surface area contributed by atoms with Crippen LogP contribution in [0.4, 0.5) is 13.2 Å². The van der Waals surface area contributed by atoms with Crippen LogP contribution in [0.3, 0.4) is 0 Å². The van der Waals surface area contributed by atoms with Crippen LogP contribution in [0, 0.1) is 0 Å². The summed E-state index contributed by atoms with van der Waals surface area (Å²) in [5.74, 6) is -0.717. The Bertz CT molecular complexity index is 567. The summed E-state index contributed by atoms with van der Waals surface area (Å²) in [6, 6.07) is 5.37. The fourth-order valence-electron chi connectivity index (χ4n) is 2.53.